The second-order valence-electron chi connectivity index (χ2n) is 3.43. The third-order valence-corrected chi connectivity index (χ3v) is 2.45. The molecule has 2 rings (SSSR count). The molecule has 0 fully saturated rings. The predicted octanol–water partition coefficient (Wildman–Crippen LogP) is 1.49. The van der Waals surface area contributed by atoms with Crippen molar-refractivity contribution in [2.75, 3.05) is 20.5 Å². The fourth-order valence-electron chi connectivity index (χ4n) is 1.76. The molecule has 1 aliphatic heterocycles. The molecule has 1 heterocycles. The molecule has 0 saturated carbocycles. The maximum atomic E-state index is 13.6. The van der Waals surface area contributed by atoms with Crippen molar-refractivity contribution in [2.45, 2.75) is 12.8 Å². The summed E-state index contributed by atoms with van der Waals surface area (Å²) in [6.45, 7) is 0.128. The van der Waals surface area contributed by atoms with Crippen molar-refractivity contribution in [3.05, 3.63) is 17.4 Å². The summed E-state index contributed by atoms with van der Waals surface area (Å²) < 4.78 is 29.0. The Kier molecular flexibility index (Phi) is 3.14. The number of halogens is 1. The molecule has 4 nitrogen and oxygen atoms in total. The number of hydrogen-bond donors (Lipinski definition) is 1. The van der Waals surface area contributed by atoms with Crippen LogP contribution in [0, 0.1) is 5.82 Å². The normalized spacial score (nSPS) is 12.9. The third kappa shape index (κ3) is 1.78. The van der Waals surface area contributed by atoms with E-state index in [-0.39, 0.29) is 19.1 Å². The molecule has 0 amide bonds. The fraction of sp³-hybridized carbons (Fsp3) is 0.455. The first-order chi connectivity index (χ1) is 7.77. The van der Waals surface area contributed by atoms with E-state index < -0.39 is 5.82 Å². The van der Waals surface area contributed by atoms with Gasteiger partial charge in [-0.05, 0) is 12.8 Å². The summed E-state index contributed by atoms with van der Waals surface area (Å²) in [5, 5.41) is 8.80. The summed E-state index contributed by atoms with van der Waals surface area (Å²) in [7, 11) is 1.41. The number of methoxy groups -OCH3 is 1. The molecule has 0 saturated heterocycles. The zero-order valence-electron chi connectivity index (χ0n) is 8.96. The van der Waals surface area contributed by atoms with Gasteiger partial charge in [0.15, 0.2) is 23.1 Å². The topological polar surface area (TPSA) is 47.9 Å². The van der Waals surface area contributed by atoms with Gasteiger partial charge in [-0.25, -0.2) is 4.39 Å². The Morgan fingerprint density at radius 2 is 2.31 bits per heavy atom. The minimum Gasteiger partial charge on any atom is -0.493 e. The lowest BCUT2D eigenvalue weighted by Gasteiger charge is -2.11. The van der Waals surface area contributed by atoms with Gasteiger partial charge in [0.25, 0.3) is 0 Å². The van der Waals surface area contributed by atoms with Crippen LogP contribution in [0.3, 0.4) is 0 Å². The molecule has 0 spiro atoms. The number of aliphatic hydroxyl groups is 1. The van der Waals surface area contributed by atoms with Crippen LogP contribution in [-0.2, 0) is 6.42 Å². The highest BCUT2D eigenvalue weighted by molar-refractivity contribution is 5.55. The van der Waals surface area contributed by atoms with Crippen LogP contribution in [0.5, 0.6) is 17.2 Å². The molecule has 0 unspecified atom stereocenters. The SMILES string of the molecule is COc1c(F)cc2c(c1CCCO)OCO2. The van der Waals surface area contributed by atoms with Gasteiger partial charge in [-0.3, -0.25) is 0 Å². The Morgan fingerprint density at radius 3 is 3.00 bits per heavy atom. The summed E-state index contributed by atoms with van der Waals surface area (Å²) in [4.78, 5) is 0. The first-order valence-electron chi connectivity index (χ1n) is 5.03. The molecule has 0 aromatic heterocycles. The van der Waals surface area contributed by atoms with E-state index in [1.165, 1.54) is 13.2 Å². The molecule has 16 heavy (non-hydrogen) atoms. The van der Waals surface area contributed by atoms with Crippen LogP contribution >= 0.6 is 0 Å². The molecule has 0 aliphatic carbocycles. The van der Waals surface area contributed by atoms with E-state index in [1.54, 1.807) is 0 Å². The van der Waals surface area contributed by atoms with Crippen molar-refractivity contribution in [1.29, 1.82) is 0 Å². The van der Waals surface area contributed by atoms with E-state index in [4.69, 9.17) is 19.3 Å². The Labute approximate surface area is 92.6 Å². The lowest BCUT2D eigenvalue weighted by atomic mass is 10.1. The summed E-state index contributed by atoms with van der Waals surface area (Å²) in [5.41, 5.74) is 0.615. The second-order valence-corrected chi connectivity index (χ2v) is 3.43. The van der Waals surface area contributed by atoms with Crippen molar-refractivity contribution >= 4 is 0 Å². The van der Waals surface area contributed by atoms with Gasteiger partial charge in [-0.2, -0.15) is 0 Å². The molecule has 0 radical (unpaired) electrons. The number of fused-ring (bicyclic) bond motifs is 1. The van der Waals surface area contributed by atoms with Crippen LogP contribution in [0.15, 0.2) is 6.07 Å². The molecule has 1 aliphatic rings. The highest BCUT2D eigenvalue weighted by Crippen LogP contribution is 2.43. The van der Waals surface area contributed by atoms with E-state index in [0.29, 0.717) is 29.9 Å². The standard InChI is InChI=1S/C11H13FO4/c1-14-10-7(3-2-4-13)11-9(5-8(10)12)15-6-16-11/h5,13H,2-4,6H2,1H3. The first kappa shape index (κ1) is 11.0. The van der Waals surface area contributed by atoms with Crippen LogP contribution < -0.4 is 14.2 Å². The van der Waals surface area contributed by atoms with E-state index >= 15 is 0 Å². The van der Waals surface area contributed by atoms with E-state index in [0.717, 1.165) is 0 Å². The van der Waals surface area contributed by atoms with Gasteiger partial charge in [0.1, 0.15) is 0 Å². The van der Waals surface area contributed by atoms with Crippen LogP contribution in [0.1, 0.15) is 12.0 Å². The minimum atomic E-state index is -0.473. The summed E-state index contributed by atoms with van der Waals surface area (Å²) in [6, 6.07) is 1.25. The largest absolute Gasteiger partial charge is 0.493 e. The van der Waals surface area contributed by atoms with E-state index in [1.807, 2.05) is 0 Å². The Bertz CT molecular complexity index is 388. The van der Waals surface area contributed by atoms with Crippen molar-refractivity contribution in [1.82, 2.24) is 0 Å². The summed E-state index contributed by atoms with van der Waals surface area (Å²) in [6.07, 6.45) is 1.01. The Morgan fingerprint density at radius 1 is 1.50 bits per heavy atom. The van der Waals surface area contributed by atoms with Gasteiger partial charge < -0.3 is 19.3 Å². The van der Waals surface area contributed by atoms with Gasteiger partial charge in [0, 0.05) is 18.2 Å². The quantitative estimate of drug-likeness (QED) is 0.848. The van der Waals surface area contributed by atoms with Gasteiger partial charge in [-0.1, -0.05) is 0 Å². The smallest absolute Gasteiger partial charge is 0.231 e. The number of rotatable bonds is 4. The molecular weight excluding hydrogens is 215 g/mol. The van der Waals surface area contributed by atoms with Gasteiger partial charge in [0.2, 0.25) is 6.79 Å². The Balaban J connectivity index is 2.44. The van der Waals surface area contributed by atoms with Crippen LogP contribution in [0.4, 0.5) is 4.39 Å². The van der Waals surface area contributed by atoms with Crippen molar-refractivity contribution < 1.29 is 23.7 Å². The zero-order valence-corrected chi connectivity index (χ0v) is 8.96. The predicted molar refractivity (Wildman–Crippen MR) is 54.5 cm³/mol. The minimum absolute atomic E-state index is 0.0370. The molecule has 88 valence electrons. The lowest BCUT2D eigenvalue weighted by Crippen LogP contribution is -1.99. The monoisotopic (exact) mass is 228 g/mol. The molecular formula is C11H13FO4. The second kappa shape index (κ2) is 4.57. The van der Waals surface area contributed by atoms with Gasteiger partial charge in [0.05, 0.1) is 7.11 Å². The van der Waals surface area contributed by atoms with Crippen LogP contribution in [0.25, 0.3) is 0 Å². The molecule has 0 bridgehead atoms. The molecule has 0 atom stereocenters. The fourth-order valence-corrected chi connectivity index (χ4v) is 1.76. The summed E-state index contributed by atoms with van der Waals surface area (Å²) in [5.74, 6) is 0.607. The van der Waals surface area contributed by atoms with Crippen molar-refractivity contribution in [3.8, 4) is 17.2 Å². The van der Waals surface area contributed by atoms with Crippen molar-refractivity contribution in [3.63, 3.8) is 0 Å². The van der Waals surface area contributed by atoms with Crippen LogP contribution in [-0.4, -0.2) is 25.6 Å². The molecule has 1 aromatic rings. The molecule has 1 aromatic carbocycles. The van der Waals surface area contributed by atoms with E-state index in [9.17, 15) is 4.39 Å². The maximum Gasteiger partial charge on any atom is 0.231 e. The average molecular weight is 228 g/mol. The zero-order chi connectivity index (χ0) is 11.5. The van der Waals surface area contributed by atoms with Crippen LogP contribution in [0.2, 0.25) is 0 Å². The van der Waals surface area contributed by atoms with Gasteiger partial charge in [-0.15, -0.1) is 0 Å². The van der Waals surface area contributed by atoms with Gasteiger partial charge >= 0.3 is 0 Å². The maximum absolute atomic E-state index is 13.6. The molecule has 5 heteroatoms. The number of ether oxygens (including phenoxy) is 3. The highest BCUT2D eigenvalue weighted by Gasteiger charge is 2.24. The highest BCUT2D eigenvalue weighted by atomic mass is 19.1. The number of benzene rings is 1. The van der Waals surface area contributed by atoms with Crippen molar-refractivity contribution in [2.24, 2.45) is 0 Å². The lowest BCUT2D eigenvalue weighted by molar-refractivity contribution is 0.173. The van der Waals surface area contributed by atoms with E-state index in [2.05, 4.69) is 0 Å². The number of aliphatic hydroxyl groups excluding tert-OH is 1. The number of hydrogen-bond acceptors (Lipinski definition) is 4. The summed E-state index contributed by atoms with van der Waals surface area (Å²) >= 11 is 0. The average Bonchev–Trinajstić information content (AvgIpc) is 2.72. The first-order valence-corrected chi connectivity index (χ1v) is 5.03. The Hall–Kier alpha value is -1.49. The molecule has 1 N–H and O–H groups in total. The third-order valence-electron chi connectivity index (χ3n) is 2.45.